The molecule has 1 aromatic carbocycles. The molecule has 1 aromatic rings. The summed E-state index contributed by atoms with van der Waals surface area (Å²) in [5, 5.41) is 3.48. The third kappa shape index (κ3) is 5.35. The molecule has 19 heavy (non-hydrogen) atoms. The van der Waals surface area contributed by atoms with E-state index in [1.807, 2.05) is 12.1 Å². The molecule has 0 heterocycles. The van der Waals surface area contributed by atoms with Crippen LogP contribution in [0.3, 0.4) is 0 Å². The van der Waals surface area contributed by atoms with Crippen LogP contribution in [0.25, 0.3) is 0 Å². The standard InChI is InChI=1S/C16H25NO2/c1-12(2)8-9-17-13(3)10-14-6-7-15(18-4)16(11-14)19-5/h6-8,11,13,17H,9-10H2,1-5H3. The van der Waals surface area contributed by atoms with E-state index in [4.69, 9.17) is 9.47 Å². The van der Waals surface area contributed by atoms with Gasteiger partial charge in [0.25, 0.3) is 0 Å². The Labute approximate surface area is 116 Å². The molecule has 3 heteroatoms. The molecule has 1 atom stereocenters. The molecular weight excluding hydrogens is 238 g/mol. The molecule has 0 aliphatic rings. The van der Waals surface area contributed by atoms with E-state index in [1.54, 1.807) is 14.2 Å². The molecule has 0 radical (unpaired) electrons. The SMILES string of the molecule is COc1ccc(CC(C)NCC=C(C)C)cc1OC. The van der Waals surface area contributed by atoms with E-state index in [9.17, 15) is 0 Å². The minimum Gasteiger partial charge on any atom is -0.493 e. The Morgan fingerprint density at radius 1 is 1.21 bits per heavy atom. The topological polar surface area (TPSA) is 30.5 Å². The average molecular weight is 263 g/mol. The molecule has 0 bridgehead atoms. The molecule has 0 aromatic heterocycles. The number of hydrogen-bond donors (Lipinski definition) is 1. The van der Waals surface area contributed by atoms with Crippen molar-refractivity contribution in [3.63, 3.8) is 0 Å². The van der Waals surface area contributed by atoms with Gasteiger partial charge in [0.15, 0.2) is 11.5 Å². The highest BCUT2D eigenvalue weighted by atomic mass is 16.5. The molecule has 0 saturated heterocycles. The number of methoxy groups -OCH3 is 2. The van der Waals surface area contributed by atoms with E-state index < -0.39 is 0 Å². The first-order valence-electron chi connectivity index (χ1n) is 6.64. The molecule has 3 nitrogen and oxygen atoms in total. The Morgan fingerprint density at radius 2 is 1.89 bits per heavy atom. The second kappa shape index (κ2) is 7.85. The normalized spacial score (nSPS) is 11.8. The molecule has 0 fully saturated rings. The molecule has 0 spiro atoms. The zero-order valence-corrected chi connectivity index (χ0v) is 12.6. The van der Waals surface area contributed by atoms with Crippen molar-refractivity contribution in [1.82, 2.24) is 5.32 Å². The quantitative estimate of drug-likeness (QED) is 0.766. The third-order valence-electron chi connectivity index (χ3n) is 2.97. The summed E-state index contributed by atoms with van der Waals surface area (Å²) in [4.78, 5) is 0. The van der Waals surface area contributed by atoms with Crippen LogP contribution in [0.15, 0.2) is 29.8 Å². The largest absolute Gasteiger partial charge is 0.493 e. The predicted octanol–water partition coefficient (Wildman–Crippen LogP) is 3.19. The molecule has 0 saturated carbocycles. The van der Waals surface area contributed by atoms with Crippen molar-refractivity contribution >= 4 is 0 Å². The van der Waals surface area contributed by atoms with Crippen molar-refractivity contribution in [3.05, 3.63) is 35.4 Å². The zero-order chi connectivity index (χ0) is 14.3. The highest BCUT2D eigenvalue weighted by Gasteiger charge is 2.07. The second-order valence-corrected chi connectivity index (χ2v) is 4.98. The van der Waals surface area contributed by atoms with Crippen LogP contribution in [0.1, 0.15) is 26.3 Å². The van der Waals surface area contributed by atoms with Gasteiger partial charge in [-0.3, -0.25) is 0 Å². The number of allylic oxidation sites excluding steroid dienone is 1. The van der Waals surface area contributed by atoms with Crippen LogP contribution in [-0.2, 0) is 6.42 Å². The maximum absolute atomic E-state index is 5.32. The summed E-state index contributed by atoms with van der Waals surface area (Å²) in [5.74, 6) is 1.56. The summed E-state index contributed by atoms with van der Waals surface area (Å²) >= 11 is 0. The molecule has 1 rings (SSSR count). The van der Waals surface area contributed by atoms with Crippen molar-refractivity contribution in [3.8, 4) is 11.5 Å². The van der Waals surface area contributed by atoms with Crippen molar-refractivity contribution in [2.45, 2.75) is 33.2 Å². The zero-order valence-electron chi connectivity index (χ0n) is 12.6. The molecule has 0 amide bonds. The Morgan fingerprint density at radius 3 is 2.47 bits per heavy atom. The van der Waals surface area contributed by atoms with Crippen LogP contribution in [0, 0.1) is 0 Å². The van der Waals surface area contributed by atoms with Gasteiger partial charge in [-0.15, -0.1) is 0 Å². The van der Waals surface area contributed by atoms with Gasteiger partial charge in [0, 0.05) is 12.6 Å². The smallest absolute Gasteiger partial charge is 0.160 e. The van der Waals surface area contributed by atoms with Crippen LogP contribution in [0.4, 0.5) is 0 Å². The highest BCUT2D eigenvalue weighted by molar-refractivity contribution is 5.43. The van der Waals surface area contributed by atoms with Crippen LogP contribution < -0.4 is 14.8 Å². The fourth-order valence-corrected chi connectivity index (χ4v) is 1.90. The number of benzene rings is 1. The summed E-state index contributed by atoms with van der Waals surface area (Å²) in [6.45, 7) is 7.33. The van der Waals surface area contributed by atoms with E-state index in [0.717, 1.165) is 24.5 Å². The number of ether oxygens (including phenoxy) is 2. The van der Waals surface area contributed by atoms with E-state index in [1.165, 1.54) is 11.1 Å². The summed E-state index contributed by atoms with van der Waals surface area (Å²) < 4.78 is 10.6. The molecular formula is C16H25NO2. The van der Waals surface area contributed by atoms with Crippen molar-refractivity contribution in [2.75, 3.05) is 20.8 Å². The van der Waals surface area contributed by atoms with Gasteiger partial charge in [0.05, 0.1) is 14.2 Å². The first-order valence-corrected chi connectivity index (χ1v) is 6.64. The minimum absolute atomic E-state index is 0.425. The average Bonchev–Trinajstić information content (AvgIpc) is 2.38. The summed E-state index contributed by atoms with van der Waals surface area (Å²) in [5.41, 5.74) is 2.58. The van der Waals surface area contributed by atoms with Gasteiger partial charge in [-0.2, -0.15) is 0 Å². The van der Waals surface area contributed by atoms with Crippen LogP contribution in [0.2, 0.25) is 0 Å². The predicted molar refractivity (Wildman–Crippen MR) is 80.1 cm³/mol. The second-order valence-electron chi connectivity index (χ2n) is 4.98. The summed E-state index contributed by atoms with van der Waals surface area (Å²) in [7, 11) is 3.32. The number of nitrogens with one attached hydrogen (secondary N) is 1. The Bertz CT molecular complexity index is 423. The van der Waals surface area contributed by atoms with E-state index >= 15 is 0 Å². The fraction of sp³-hybridized carbons (Fsp3) is 0.500. The van der Waals surface area contributed by atoms with Gasteiger partial charge in [-0.25, -0.2) is 0 Å². The van der Waals surface area contributed by atoms with E-state index in [-0.39, 0.29) is 0 Å². The first-order chi connectivity index (χ1) is 9.06. The van der Waals surface area contributed by atoms with Crippen LogP contribution in [0.5, 0.6) is 11.5 Å². The van der Waals surface area contributed by atoms with E-state index in [0.29, 0.717) is 6.04 Å². The molecule has 0 aliphatic heterocycles. The minimum atomic E-state index is 0.425. The van der Waals surface area contributed by atoms with Gasteiger partial charge in [0.1, 0.15) is 0 Å². The maximum atomic E-state index is 5.32. The molecule has 1 N–H and O–H groups in total. The van der Waals surface area contributed by atoms with Gasteiger partial charge >= 0.3 is 0 Å². The number of rotatable bonds is 7. The molecule has 0 aliphatic carbocycles. The first kappa shape index (κ1) is 15.6. The van der Waals surface area contributed by atoms with Gasteiger partial charge in [0.2, 0.25) is 0 Å². The van der Waals surface area contributed by atoms with Crippen LogP contribution in [-0.4, -0.2) is 26.8 Å². The van der Waals surface area contributed by atoms with Crippen LogP contribution >= 0.6 is 0 Å². The lowest BCUT2D eigenvalue weighted by atomic mass is 10.1. The Hall–Kier alpha value is -1.48. The maximum Gasteiger partial charge on any atom is 0.160 e. The van der Waals surface area contributed by atoms with E-state index in [2.05, 4.69) is 38.2 Å². The van der Waals surface area contributed by atoms with Gasteiger partial charge < -0.3 is 14.8 Å². The Kier molecular flexibility index (Phi) is 6.43. The molecule has 106 valence electrons. The lowest BCUT2D eigenvalue weighted by molar-refractivity contribution is 0.354. The lowest BCUT2D eigenvalue weighted by Gasteiger charge is -2.14. The monoisotopic (exact) mass is 263 g/mol. The summed E-state index contributed by atoms with van der Waals surface area (Å²) in [6.07, 6.45) is 3.17. The summed E-state index contributed by atoms with van der Waals surface area (Å²) in [6, 6.07) is 6.50. The Balaban J connectivity index is 2.59. The lowest BCUT2D eigenvalue weighted by Crippen LogP contribution is -2.28. The fourth-order valence-electron chi connectivity index (χ4n) is 1.90. The van der Waals surface area contributed by atoms with Gasteiger partial charge in [-0.1, -0.05) is 17.7 Å². The van der Waals surface area contributed by atoms with Gasteiger partial charge in [-0.05, 0) is 44.9 Å². The molecule has 1 unspecified atom stereocenters. The number of hydrogen-bond acceptors (Lipinski definition) is 3. The van der Waals surface area contributed by atoms with Crippen molar-refractivity contribution in [2.24, 2.45) is 0 Å². The highest BCUT2D eigenvalue weighted by Crippen LogP contribution is 2.27. The van der Waals surface area contributed by atoms with Crippen molar-refractivity contribution in [1.29, 1.82) is 0 Å². The van der Waals surface area contributed by atoms with Crippen molar-refractivity contribution < 1.29 is 9.47 Å². The third-order valence-corrected chi connectivity index (χ3v) is 2.97.